The van der Waals surface area contributed by atoms with Crippen LogP contribution in [0, 0.1) is 17.8 Å². The largest absolute Gasteiger partial charge is 0.478 e. The monoisotopic (exact) mass is 338 g/mol. The van der Waals surface area contributed by atoms with E-state index < -0.39 is 23.8 Å². The number of carbonyl (C=O) groups is 3. The van der Waals surface area contributed by atoms with Crippen molar-refractivity contribution in [1.29, 1.82) is 0 Å². The second-order valence-electron chi connectivity index (χ2n) is 7.01. The molecule has 0 spiro atoms. The molecular formula is C18H30N2O4. The van der Waals surface area contributed by atoms with Gasteiger partial charge < -0.3 is 15.7 Å². The molecular weight excluding hydrogens is 308 g/mol. The van der Waals surface area contributed by atoms with Crippen LogP contribution in [0.25, 0.3) is 0 Å². The molecule has 24 heavy (non-hydrogen) atoms. The first-order chi connectivity index (χ1) is 11.3. The Labute approximate surface area is 144 Å². The lowest BCUT2D eigenvalue weighted by Gasteiger charge is -2.31. The van der Waals surface area contributed by atoms with Gasteiger partial charge in [-0.1, -0.05) is 39.7 Å². The van der Waals surface area contributed by atoms with Gasteiger partial charge in [-0.15, -0.1) is 0 Å². The van der Waals surface area contributed by atoms with Crippen LogP contribution in [-0.4, -0.2) is 36.0 Å². The lowest BCUT2D eigenvalue weighted by atomic mass is 9.82. The van der Waals surface area contributed by atoms with Gasteiger partial charge in [0.25, 0.3) is 0 Å². The molecule has 0 aromatic heterocycles. The van der Waals surface area contributed by atoms with Crippen LogP contribution in [0.1, 0.15) is 52.4 Å². The minimum absolute atomic E-state index is 0.0976. The first kappa shape index (κ1) is 20.2. The lowest BCUT2D eigenvalue weighted by molar-refractivity contribution is -0.136. The summed E-state index contributed by atoms with van der Waals surface area (Å²) in [5.41, 5.74) is -0.125. The average Bonchev–Trinajstić information content (AvgIpc) is 2.56. The van der Waals surface area contributed by atoms with E-state index in [0.717, 1.165) is 32.1 Å². The van der Waals surface area contributed by atoms with Gasteiger partial charge in [0, 0.05) is 12.6 Å². The maximum Gasteiger partial charge on any atom is 0.331 e. The Morgan fingerprint density at radius 2 is 1.71 bits per heavy atom. The van der Waals surface area contributed by atoms with E-state index in [4.69, 9.17) is 0 Å². The molecule has 0 bridgehead atoms. The standard InChI is InChI=1S/C18H30N2O4/c1-11(2)10-14(12(3)18(23)24)16(21)20-15(17(22)19-4)13-8-6-5-7-9-13/h11,13-15H,3,5-10H2,1-2,4H3,(H,19,22)(H,20,21)(H,23,24)/t14-,15-/m0/s1. The number of amides is 2. The van der Waals surface area contributed by atoms with Crippen LogP contribution >= 0.6 is 0 Å². The zero-order chi connectivity index (χ0) is 18.3. The summed E-state index contributed by atoms with van der Waals surface area (Å²) in [5.74, 6) is -2.40. The number of rotatable bonds is 8. The molecule has 2 amide bonds. The van der Waals surface area contributed by atoms with Crippen LogP contribution in [0.2, 0.25) is 0 Å². The van der Waals surface area contributed by atoms with E-state index in [0.29, 0.717) is 6.42 Å². The first-order valence-electron chi connectivity index (χ1n) is 8.72. The van der Waals surface area contributed by atoms with Crippen LogP contribution < -0.4 is 10.6 Å². The number of hydrogen-bond donors (Lipinski definition) is 3. The summed E-state index contributed by atoms with van der Waals surface area (Å²) in [6, 6.07) is -0.612. The Balaban J connectivity index is 2.91. The third-order valence-electron chi connectivity index (χ3n) is 4.67. The van der Waals surface area contributed by atoms with Crippen molar-refractivity contribution >= 4 is 17.8 Å². The maximum atomic E-state index is 12.7. The van der Waals surface area contributed by atoms with E-state index >= 15 is 0 Å². The molecule has 6 heteroatoms. The fraction of sp³-hybridized carbons (Fsp3) is 0.722. The molecule has 0 unspecified atom stereocenters. The van der Waals surface area contributed by atoms with Crippen molar-refractivity contribution in [3.63, 3.8) is 0 Å². The second-order valence-corrected chi connectivity index (χ2v) is 7.01. The fourth-order valence-corrected chi connectivity index (χ4v) is 3.30. The number of carboxylic acid groups (broad SMARTS) is 1. The molecule has 0 aromatic rings. The third-order valence-corrected chi connectivity index (χ3v) is 4.67. The van der Waals surface area contributed by atoms with Crippen molar-refractivity contribution in [2.45, 2.75) is 58.4 Å². The van der Waals surface area contributed by atoms with E-state index in [1.165, 1.54) is 0 Å². The summed E-state index contributed by atoms with van der Waals surface area (Å²) in [7, 11) is 1.55. The molecule has 1 aliphatic rings. The highest BCUT2D eigenvalue weighted by molar-refractivity contribution is 5.97. The maximum absolute atomic E-state index is 12.7. The zero-order valence-corrected chi connectivity index (χ0v) is 14.9. The van der Waals surface area contributed by atoms with Crippen LogP contribution in [0.15, 0.2) is 12.2 Å². The Morgan fingerprint density at radius 3 is 2.17 bits per heavy atom. The minimum atomic E-state index is -1.18. The molecule has 1 fully saturated rings. The van der Waals surface area contributed by atoms with Crippen LogP contribution in [0.5, 0.6) is 0 Å². The predicted octanol–water partition coefficient (Wildman–Crippen LogP) is 2.10. The molecule has 0 heterocycles. The molecule has 0 aromatic carbocycles. The number of aliphatic carboxylic acids is 1. The summed E-state index contributed by atoms with van der Waals surface area (Å²) in [6.45, 7) is 7.40. The van der Waals surface area contributed by atoms with E-state index in [1.54, 1.807) is 7.05 Å². The van der Waals surface area contributed by atoms with Crippen LogP contribution in [0.3, 0.4) is 0 Å². The van der Waals surface area contributed by atoms with Gasteiger partial charge in [0.2, 0.25) is 11.8 Å². The van der Waals surface area contributed by atoms with Gasteiger partial charge in [0.15, 0.2) is 0 Å². The summed E-state index contributed by atoms with van der Waals surface area (Å²) in [4.78, 5) is 36.2. The average molecular weight is 338 g/mol. The summed E-state index contributed by atoms with van der Waals surface area (Å²) < 4.78 is 0. The smallest absolute Gasteiger partial charge is 0.331 e. The topological polar surface area (TPSA) is 95.5 Å². The van der Waals surface area contributed by atoms with Gasteiger partial charge in [0.1, 0.15) is 6.04 Å². The predicted molar refractivity (Wildman–Crippen MR) is 92.3 cm³/mol. The highest BCUT2D eigenvalue weighted by Gasteiger charge is 2.34. The number of likely N-dealkylation sites (N-methyl/N-ethyl adjacent to an activating group) is 1. The summed E-state index contributed by atoms with van der Waals surface area (Å²) >= 11 is 0. The van der Waals surface area contributed by atoms with E-state index in [9.17, 15) is 19.5 Å². The first-order valence-corrected chi connectivity index (χ1v) is 8.72. The van der Waals surface area contributed by atoms with Gasteiger partial charge in [-0.25, -0.2) is 4.79 Å². The van der Waals surface area contributed by atoms with Crippen molar-refractivity contribution in [2.24, 2.45) is 17.8 Å². The Bertz CT molecular complexity index is 481. The Kier molecular flexibility index (Phi) is 7.95. The molecule has 6 nitrogen and oxygen atoms in total. The van der Waals surface area contributed by atoms with Crippen LogP contribution in [0.4, 0.5) is 0 Å². The molecule has 0 radical (unpaired) electrons. The number of hydrogen-bond acceptors (Lipinski definition) is 3. The van der Waals surface area contributed by atoms with Crippen molar-refractivity contribution in [2.75, 3.05) is 7.05 Å². The number of nitrogens with one attached hydrogen (secondary N) is 2. The van der Waals surface area contributed by atoms with Crippen molar-refractivity contribution < 1.29 is 19.5 Å². The summed E-state index contributed by atoms with van der Waals surface area (Å²) in [6.07, 6.45) is 5.43. The van der Waals surface area contributed by atoms with Gasteiger partial charge in [-0.2, -0.15) is 0 Å². The number of carbonyl (C=O) groups excluding carboxylic acids is 2. The Hall–Kier alpha value is -1.85. The van der Waals surface area contributed by atoms with Crippen LogP contribution in [-0.2, 0) is 14.4 Å². The quantitative estimate of drug-likeness (QED) is 0.591. The fourth-order valence-electron chi connectivity index (χ4n) is 3.30. The van der Waals surface area contributed by atoms with Crippen molar-refractivity contribution in [3.05, 3.63) is 12.2 Å². The van der Waals surface area contributed by atoms with E-state index in [-0.39, 0.29) is 23.3 Å². The van der Waals surface area contributed by atoms with E-state index in [2.05, 4.69) is 17.2 Å². The number of carboxylic acids is 1. The van der Waals surface area contributed by atoms with E-state index in [1.807, 2.05) is 13.8 Å². The Morgan fingerprint density at radius 1 is 1.12 bits per heavy atom. The molecule has 1 saturated carbocycles. The molecule has 2 atom stereocenters. The molecule has 0 aliphatic heterocycles. The van der Waals surface area contributed by atoms with Gasteiger partial charge in [0.05, 0.1) is 5.92 Å². The van der Waals surface area contributed by atoms with Crippen molar-refractivity contribution in [3.8, 4) is 0 Å². The van der Waals surface area contributed by atoms with Crippen molar-refractivity contribution in [1.82, 2.24) is 10.6 Å². The zero-order valence-electron chi connectivity index (χ0n) is 14.9. The molecule has 136 valence electrons. The van der Waals surface area contributed by atoms with Gasteiger partial charge in [-0.05, 0) is 31.1 Å². The highest BCUT2D eigenvalue weighted by atomic mass is 16.4. The molecule has 1 rings (SSSR count). The lowest BCUT2D eigenvalue weighted by Crippen LogP contribution is -2.52. The second kappa shape index (κ2) is 9.45. The van der Waals surface area contributed by atoms with Gasteiger partial charge in [-0.3, -0.25) is 9.59 Å². The molecule has 1 aliphatic carbocycles. The highest BCUT2D eigenvalue weighted by Crippen LogP contribution is 2.27. The molecule has 3 N–H and O–H groups in total. The molecule has 0 saturated heterocycles. The third kappa shape index (κ3) is 5.65. The SMILES string of the molecule is C=C(C(=O)O)[C@H](CC(C)C)C(=O)N[C@H](C(=O)NC)C1CCCCC1. The normalized spacial score (nSPS) is 17.8. The van der Waals surface area contributed by atoms with Gasteiger partial charge >= 0.3 is 5.97 Å². The summed E-state index contributed by atoms with van der Waals surface area (Å²) in [5, 5.41) is 14.6. The minimum Gasteiger partial charge on any atom is -0.478 e.